The van der Waals surface area contributed by atoms with Crippen molar-refractivity contribution in [3.05, 3.63) is 0 Å². The molecule has 0 saturated carbocycles. The SMILES string of the molecule is COCCSCC(N)C(C)(C)C. The summed E-state index contributed by atoms with van der Waals surface area (Å²) < 4.78 is 4.95. The van der Waals surface area contributed by atoms with Gasteiger partial charge in [0.1, 0.15) is 0 Å². The summed E-state index contributed by atoms with van der Waals surface area (Å²) in [7, 11) is 1.73. The zero-order valence-corrected chi connectivity index (χ0v) is 9.41. The fourth-order valence-corrected chi connectivity index (χ4v) is 1.81. The first-order valence-electron chi connectivity index (χ1n) is 4.30. The first-order chi connectivity index (χ1) is 5.48. The molecular formula is C9H21NOS. The maximum absolute atomic E-state index is 5.97. The third-order valence-electron chi connectivity index (χ3n) is 1.84. The highest BCUT2D eigenvalue weighted by atomic mass is 32.2. The Morgan fingerprint density at radius 2 is 2.00 bits per heavy atom. The number of methoxy groups -OCH3 is 1. The zero-order chi connectivity index (χ0) is 9.61. The Balaban J connectivity index is 3.38. The largest absolute Gasteiger partial charge is 0.384 e. The molecule has 0 saturated heterocycles. The van der Waals surface area contributed by atoms with Gasteiger partial charge in [0.25, 0.3) is 0 Å². The lowest BCUT2D eigenvalue weighted by Gasteiger charge is -2.26. The standard InChI is InChI=1S/C9H21NOS/c1-9(2,3)8(10)7-12-6-5-11-4/h8H,5-7,10H2,1-4H3. The van der Waals surface area contributed by atoms with Gasteiger partial charge in [-0.2, -0.15) is 11.8 Å². The first-order valence-corrected chi connectivity index (χ1v) is 5.46. The van der Waals surface area contributed by atoms with Crippen LogP contribution in [0, 0.1) is 5.41 Å². The maximum atomic E-state index is 5.97. The van der Waals surface area contributed by atoms with Gasteiger partial charge in [-0.25, -0.2) is 0 Å². The third kappa shape index (κ3) is 5.86. The summed E-state index contributed by atoms with van der Waals surface area (Å²) in [4.78, 5) is 0. The van der Waals surface area contributed by atoms with Crippen molar-refractivity contribution >= 4 is 11.8 Å². The summed E-state index contributed by atoms with van der Waals surface area (Å²) in [6, 6.07) is 0.277. The van der Waals surface area contributed by atoms with E-state index in [4.69, 9.17) is 10.5 Å². The average molecular weight is 191 g/mol. The minimum atomic E-state index is 0.222. The zero-order valence-electron chi connectivity index (χ0n) is 8.59. The molecule has 1 atom stereocenters. The fourth-order valence-electron chi connectivity index (χ4n) is 0.603. The van der Waals surface area contributed by atoms with Crippen LogP contribution in [-0.2, 0) is 4.74 Å². The molecule has 0 amide bonds. The Morgan fingerprint density at radius 3 is 2.42 bits per heavy atom. The van der Waals surface area contributed by atoms with E-state index in [9.17, 15) is 0 Å². The summed E-state index contributed by atoms with van der Waals surface area (Å²) in [5.74, 6) is 2.06. The van der Waals surface area contributed by atoms with Gasteiger partial charge in [-0.05, 0) is 5.41 Å². The highest BCUT2D eigenvalue weighted by Crippen LogP contribution is 2.20. The van der Waals surface area contributed by atoms with E-state index in [-0.39, 0.29) is 11.5 Å². The number of thioether (sulfide) groups is 1. The van der Waals surface area contributed by atoms with Gasteiger partial charge in [0.05, 0.1) is 6.61 Å². The highest BCUT2D eigenvalue weighted by Gasteiger charge is 2.19. The Labute approximate surface area is 80.2 Å². The van der Waals surface area contributed by atoms with Gasteiger partial charge in [0.2, 0.25) is 0 Å². The molecule has 0 aromatic carbocycles. The molecule has 0 heterocycles. The Hall–Kier alpha value is 0.270. The molecule has 3 heteroatoms. The van der Waals surface area contributed by atoms with Crippen LogP contribution in [0.4, 0.5) is 0 Å². The fraction of sp³-hybridized carbons (Fsp3) is 1.00. The van der Waals surface area contributed by atoms with Gasteiger partial charge in [-0.15, -0.1) is 0 Å². The van der Waals surface area contributed by atoms with Gasteiger partial charge >= 0.3 is 0 Å². The van der Waals surface area contributed by atoms with Gasteiger partial charge in [-0.1, -0.05) is 20.8 Å². The number of hydrogen-bond donors (Lipinski definition) is 1. The van der Waals surface area contributed by atoms with E-state index in [1.165, 1.54) is 0 Å². The molecule has 0 aromatic heterocycles. The van der Waals surface area contributed by atoms with Crippen LogP contribution < -0.4 is 5.73 Å². The Bertz CT molecular complexity index is 112. The van der Waals surface area contributed by atoms with Gasteiger partial charge in [0.15, 0.2) is 0 Å². The molecule has 0 aromatic rings. The van der Waals surface area contributed by atoms with E-state index < -0.39 is 0 Å². The van der Waals surface area contributed by atoms with Crippen LogP contribution in [0.25, 0.3) is 0 Å². The van der Waals surface area contributed by atoms with Crippen LogP contribution in [-0.4, -0.2) is 31.3 Å². The first kappa shape index (κ1) is 12.3. The molecule has 0 aliphatic carbocycles. The molecule has 2 N–H and O–H groups in total. The monoisotopic (exact) mass is 191 g/mol. The minimum absolute atomic E-state index is 0.222. The molecule has 2 nitrogen and oxygen atoms in total. The molecule has 0 rings (SSSR count). The van der Waals surface area contributed by atoms with Crippen LogP contribution in [0.3, 0.4) is 0 Å². The second kappa shape index (κ2) is 5.84. The smallest absolute Gasteiger partial charge is 0.0552 e. The molecule has 12 heavy (non-hydrogen) atoms. The molecule has 0 fully saturated rings. The van der Waals surface area contributed by atoms with E-state index in [1.807, 2.05) is 11.8 Å². The van der Waals surface area contributed by atoms with Crippen molar-refractivity contribution in [3.63, 3.8) is 0 Å². The van der Waals surface area contributed by atoms with E-state index >= 15 is 0 Å². The molecule has 0 spiro atoms. The molecule has 0 aliphatic heterocycles. The molecule has 0 radical (unpaired) electrons. The van der Waals surface area contributed by atoms with Crippen molar-refractivity contribution in [2.75, 3.05) is 25.2 Å². The number of hydrogen-bond acceptors (Lipinski definition) is 3. The predicted molar refractivity (Wildman–Crippen MR) is 56.6 cm³/mol. The van der Waals surface area contributed by atoms with E-state index in [2.05, 4.69) is 20.8 Å². The van der Waals surface area contributed by atoms with Crippen molar-refractivity contribution in [1.82, 2.24) is 0 Å². The Morgan fingerprint density at radius 1 is 1.42 bits per heavy atom. The van der Waals surface area contributed by atoms with Gasteiger partial charge in [0, 0.05) is 24.7 Å². The second-order valence-corrected chi connectivity index (χ2v) is 5.19. The van der Waals surface area contributed by atoms with E-state index in [0.29, 0.717) is 0 Å². The van der Waals surface area contributed by atoms with Crippen LogP contribution in [0.1, 0.15) is 20.8 Å². The molecular weight excluding hydrogens is 170 g/mol. The van der Waals surface area contributed by atoms with Crippen molar-refractivity contribution in [1.29, 1.82) is 0 Å². The van der Waals surface area contributed by atoms with Crippen LogP contribution in [0.5, 0.6) is 0 Å². The lowest BCUT2D eigenvalue weighted by molar-refractivity contribution is 0.218. The molecule has 74 valence electrons. The minimum Gasteiger partial charge on any atom is -0.384 e. The van der Waals surface area contributed by atoms with Crippen molar-refractivity contribution < 1.29 is 4.74 Å². The van der Waals surface area contributed by atoms with Crippen molar-refractivity contribution in [2.24, 2.45) is 11.1 Å². The summed E-state index contributed by atoms with van der Waals surface area (Å²) in [5, 5.41) is 0. The van der Waals surface area contributed by atoms with Crippen molar-refractivity contribution in [3.8, 4) is 0 Å². The van der Waals surface area contributed by atoms with Crippen LogP contribution in [0.15, 0.2) is 0 Å². The molecule has 0 bridgehead atoms. The normalized spacial score (nSPS) is 14.8. The average Bonchev–Trinajstić information content (AvgIpc) is 1.96. The third-order valence-corrected chi connectivity index (χ3v) is 2.89. The topological polar surface area (TPSA) is 35.2 Å². The van der Waals surface area contributed by atoms with E-state index in [1.54, 1.807) is 7.11 Å². The summed E-state index contributed by atoms with van der Waals surface area (Å²) in [6.45, 7) is 7.35. The predicted octanol–water partition coefficient (Wildman–Crippen LogP) is 1.74. The van der Waals surface area contributed by atoms with Gasteiger partial charge in [-0.3, -0.25) is 0 Å². The quantitative estimate of drug-likeness (QED) is 0.672. The molecule has 0 aliphatic rings. The maximum Gasteiger partial charge on any atom is 0.0552 e. The number of rotatable bonds is 5. The van der Waals surface area contributed by atoms with Crippen molar-refractivity contribution in [2.45, 2.75) is 26.8 Å². The van der Waals surface area contributed by atoms with Crippen LogP contribution >= 0.6 is 11.8 Å². The molecule has 1 unspecified atom stereocenters. The van der Waals surface area contributed by atoms with Gasteiger partial charge < -0.3 is 10.5 Å². The summed E-state index contributed by atoms with van der Waals surface area (Å²) in [5.41, 5.74) is 6.19. The number of nitrogens with two attached hydrogens (primary N) is 1. The second-order valence-electron chi connectivity index (χ2n) is 4.04. The summed E-state index contributed by atoms with van der Waals surface area (Å²) >= 11 is 1.86. The summed E-state index contributed by atoms with van der Waals surface area (Å²) in [6.07, 6.45) is 0. The highest BCUT2D eigenvalue weighted by molar-refractivity contribution is 7.99. The lowest BCUT2D eigenvalue weighted by atomic mass is 9.89. The lowest BCUT2D eigenvalue weighted by Crippen LogP contribution is -2.37. The Kier molecular flexibility index (Phi) is 5.97. The number of ether oxygens (including phenoxy) is 1. The van der Waals surface area contributed by atoms with Crippen LogP contribution in [0.2, 0.25) is 0 Å². The van der Waals surface area contributed by atoms with E-state index in [0.717, 1.165) is 18.1 Å².